The van der Waals surface area contributed by atoms with Crippen LogP contribution in [0.3, 0.4) is 0 Å². The van der Waals surface area contributed by atoms with Crippen molar-refractivity contribution in [2.75, 3.05) is 20.6 Å². The maximum absolute atomic E-state index is 13.1. The number of amides is 2. The second kappa shape index (κ2) is 7.47. The first-order valence-corrected chi connectivity index (χ1v) is 8.39. The van der Waals surface area contributed by atoms with Crippen LogP contribution in [0.5, 0.6) is 0 Å². The largest absolute Gasteiger partial charge is 0.349 e. The quantitative estimate of drug-likeness (QED) is 0.760. The molecule has 0 saturated heterocycles. The molecule has 5 nitrogen and oxygen atoms in total. The molecule has 1 aliphatic carbocycles. The van der Waals surface area contributed by atoms with E-state index < -0.39 is 5.54 Å². The van der Waals surface area contributed by atoms with Crippen molar-refractivity contribution in [1.82, 2.24) is 15.5 Å². The van der Waals surface area contributed by atoms with Gasteiger partial charge in [0.25, 0.3) is 0 Å². The van der Waals surface area contributed by atoms with Gasteiger partial charge in [-0.05, 0) is 60.0 Å². The van der Waals surface area contributed by atoms with E-state index in [0.29, 0.717) is 6.42 Å². The number of hydrogen-bond acceptors (Lipinski definition) is 3. The summed E-state index contributed by atoms with van der Waals surface area (Å²) in [4.78, 5) is 27.1. The number of allylic oxidation sites excluding steroid dienone is 1. The molecule has 0 unspecified atom stereocenters. The normalized spacial score (nSPS) is 28.3. The predicted molar refractivity (Wildman–Crippen MR) is 94.0 cm³/mol. The van der Waals surface area contributed by atoms with E-state index in [-0.39, 0.29) is 29.2 Å². The van der Waals surface area contributed by atoms with Crippen LogP contribution in [0.2, 0.25) is 0 Å². The third kappa shape index (κ3) is 5.34. The molecule has 1 fully saturated rings. The van der Waals surface area contributed by atoms with E-state index in [1.165, 1.54) is 6.92 Å². The van der Waals surface area contributed by atoms with Gasteiger partial charge in [0.1, 0.15) is 5.54 Å². The summed E-state index contributed by atoms with van der Waals surface area (Å²) in [5, 5.41) is 6.09. The number of nitrogens with one attached hydrogen (secondary N) is 2. The van der Waals surface area contributed by atoms with Crippen molar-refractivity contribution in [1.29, 1.82) is 0 Å². The Balaban J connectivity index is 3.23. The molecule has 0 aliphatic heterocycles. The summed E-state index contributed by atoms with van der Waals surface area (Å²) in [5.41, 5.74) is -1.22. The lowest BCUT2D eigenvalue weighted by atomic mass is 9.67. The molecule has 1 saturated carbocycles. The molecule has 0 aromatic heterocycles. The Morgan fingerprint density at radius 2 is 1.91 bits per heavy atom. The van der Waals surface area contributed by atoms with Crippen LogP contribution in [-0.2, 0) is 9.59 Å². The van der Waals surface area contributed by atoms with Gasteiger partial charge in [0.2, 0.25) is 11.8 Å². The standard InChI is InChI=1S/C18H33N3O2/c1-8-14-9-10-15(12-21(6)7)18(11-14,19-13(2)22)16(23)20-17(3,4)5/h8,14-15H,1,9-12H2,2-7H3,(H,19,22)(H,20,23)/t14-,15+,18+/m1/s1. The highest BCUT2D eigenvalue weighted by Crippen LogP contribution is 2.39. The van der Waals surface area contributed by atoms with Gasteiger partial charge >= 0.3 is 0 Å². The first-order valence-electron chi connectivity index (χ1n) is 8.39. The van der Waals surface area contributed by atoms with E-state index in [0.717, 1.165) is 19.4 Å². The van der Waals surface area contributed by atoms with E-state index in [1.807, 2.05) is 40.9 Å². The summed E-state index contributed by atoms with van der Waals surface area (Å²) in [7, 11) is 4.00. The molecule has 2 amide bonds. The fraction of sp³-hybridized carbons (Fsp3) is 0.778. The van der Waals surface area contributed by atoms with Crippen molar-refractivity contribution >= 4 is 11.8 Å². The SMILES string of the molecule is C=C[C@@H]1CC[C@@H](CN(C)C)[C@](NC(C)=O)(C(=O)NC(C)(C)C)C1. The highest BCUT2D eigenvalue weighted by atomic mass is 16.2. The van der Waals surface area contributed by atoms with Gasteiger partial charge < -0.3 is 15.5 Å². The minimum Gasteiger partial charge on any atom is -0.349 e. The molecule has 1 aliphatic rings. The van der Waals surface area contributed by atoms with Crippen molar-refractivity contribution in [2.24, 2.45) is 11.8 Å². The molecule has 0 spiro atoms. The average molecular weight is 323 g/mol. The smallest absolute Gasteiger partial charge is 0.246 e. The van der Waals surface area contributed by atoms with Crippen molar-refractivity contribution in [3.8, 4) is 0 Å². The molecule has 3 atom stereocenters. The Labute approximate surface area is 140 Å². The molecule has 0 heterocycles. The highest BCUT2D eigenvalue weighted by molar-refractivity contribution is 5.92. The maximum Gasteiger partial charge on any atom is 0.246 e. The Hall–Kier alpha value is -1.36. The van der Waals surface area contributed by atoms with E-state index in [9.17, 15) is 9.59 Å². The number of carbonyl (C=O) groups excluding carboxylic acids is 2. The lowest BCUT2D eigenvalue weighted by Gasteiger charge is -2.47. The lowest BCUT2D eigenvalue weighted by Crippen LogP contribution is -2.68. The van der Waals surface area contributed by atoms with E-state index >= 15 is 0 Å². The second-order valence-electron chi connectivity index (χ2n) is 8.09. The topological polar surface area (TPSA) is 61.4 Å². The van der Waals surface area contributed by atoms with E-state index in [4.69, 9.17) is 0 Å². The second-order valence-corrected chi connectivity index (χ2v) is 8.09. The van der Waals surface area contributed by atoms with Gasteiger partial charge in [-0.1, -0.05) is 6.08 Å². The zero-order valence-electron chi connectivity index (χ0n) is 15.5. The van der Waals surface area contributed by atoms with Crippen LogP contribution in [0.25, 0.3) is 0 Å². The van der Waals surface area contributed by atoms with Gasteiger partial charge in [-0.25, -0.2) is 0 Å². The Morgan fingerprint density at radius 3 is 2.35 bits per heavy atom. The molecular weight excluding hydrogens is 290 g/mol. The minimum atomic E-state index is -0.875. The van der Waals surface area contributed by atoms with E-state index in [2.05, 4.69) is 22.1 Å². The minimum absolute atomic E-state index is 0.0833. The van der Waals surface area contributed by atoms with Crippen LogP contribution < -0.4 is 10.6 Å². The van der Waals surface area contributed by atoms with Crippen LogP contribution in [0.15, 0.2) is 12.7 Å². The van der Waals surface area contributed by atoms with Gasteiger partial charge in [-0.15, -0.1) is 6.58 Å². The van der Waals surface area contributed by atoms with Crippen LogP contribution >= 0.6 is 0 Å². The third-order valence-electron chi connectivity index (χ3n) is 4.38. The fourth-order valence-electron chi connectivity index (χ4n) is 3.49. The molecular formula is C18H33N3O2. The summed E-state index contributed by atoms with van der Waals surface area (Å²) in [6.07, 6.45) is 4.42. The molecule has 0 bridgehead atoms. The first kappa shape index (κ1) is 19.7. The van der Waals surface area contributed by atoms with Crippen LogP contribution in [0, 0.1) is 11.8 Å². The van der Waals surface area contributed by atoms with Gasteiger partial charge in [0, 0.05) is 24.9 Å². The van der Waals surface area contributed by atoms with Crippen molar-refractivity contribution < 1.29 is 9.59 Å². The average Bonchev–Trinajstić information content (AvgIpc) is 2.37. The maximum atomic E-state index is 13.1. The van der Waals surface area contributed by atoms with Crippen molar-refractivity contribution in [2.45, 2.75) is 58.0 Å². The molecule has 5 heteroatoms. The Morgan fingerprint density at radius 1 is 1.30 bits per heavy atom. The molecule has 2 N–H and O–H groups in total. The van der Waals surface area contributed by atoms with Crippen molar-refractivity contribution in [3.05, 3.63) is 12.7 Å². The highest BCUT2D eigenvalue weighted by Gasteiger charge is 2.50. The van der Waals surface area contributed by atoms with Crippen LogP contribution in [0.4, 0.5) is 0 Å². The zero-order chi connectivity index (χ0) is 17.8. The van der Waals surface area contributed by atoms with Gasteiger partial charge in [0.15, 0.2) is 0 Å². The Kier molecular flexibility index (Phi) is 6.40. The fourth-order valence-corrected chi connectivity index (χ4v) is 3.49. The number of carbonyl (C=O) groups is 2. The summed E-state index contributed by atoms with van der Waals surface area (Å²) in [6, 6.07) is 0. The summed E-state index contributed by atoms with van der Waals surface area (Å²) >= 11 is 0. The van der Waals surface area contributed by atoms with Crippen LogP contribution in [-0.4, -0.2) is 48.4 Å². The lowest BCUT2D eigenvalue weighted by molar-refractivity contribution is -0.139. The van der Waals surface area contributed by atoms with Gasteiger partial charge in [-0.3, -0.25) is 9.59 Å². The molecule has 1 rings (SSSR count). The summed E-state index contributed by atoms with van der Waals surface area (Å²) < 4.78 is 0. The number of rotatable bonds is 5. The summed E-state index contributed by atoms with van der Waals surface area (Å²) in [6.45, 7) is 12.0. The van der Waals surface area contributed by atoms with Gasteiger partial charge in [-0.2, -0.15) is 0 Å². The molecule has 0 radical (unpaired) electrons. The van der Waals surface area contributed by atoms with E-state index in [1.54, 1.807) is 0 Å². The summed E-state index contributed by atoms with van der Waals surface area (Å²) in [5.74, 6) is 0.0760. The van der Waals surface area contributed by atoms with Crippen molar-refractivity contribution in [3.63, 3.8) is 0 Å². The zero-order valence-corrected chi connectivity index (χ0v) is 15.5. The molecule has 132 valence electrons. The monoisotopic (exact) mass is 323 g/mol. The Bertz CT molecular complexity index is 454. The number of hydrogen-bond donors (Lipinski definition) is 2. The molecule has 0 aromatic rings. The molecule has 0 aromatic carbocycles. The predicted octanol–water partition coefficient (Wildman–Crippen LogP) is 1.94. The third-order valence-corrected chi connectivity index (χ3v) is 4.38. The number of nitrogens with zero attached hydrogens (tertiary/aromatic N) is 1. The first-order chi connectivity index (χ1) is 10.5. The molecule has 23 heavy (non-hydrogen) atoms. The van der Waals surface area contributed by atoms with Gasteiger partial charge in [0.05, 0.1) is 0 Å². The van der Waals surface area contributed by atoms with Crippen LogP contribution in [0.1, 0.15) is 47.0 Å².